The Kier molecular flexibility index (Phi) is 3.96. The SMILES string of the molecule is Cc1cc(C(C)C(=O)NC(=O)[C@@H]2C[C@@H](O)CN2)on1. The van der Waals surface area contributed by atoms with Crippen LogP contribution in [0.1, 0.15) is 30.7 Å². The van der Waals surface area contributed by atoms with Crippen molar-refractivity contribution >= 4 is 11.8 Å². The lowest BCUT2D eigenvalue weighted by atomic mass is 10.1. The molecule has 2 rings (SSSR count). The molecule has 1 aliphatic heterocycles. The number of rotatable bonds is 3. The number of carbonyl (C=O) groups is 2. The first-order valence-electron chi connectivity index (χ1n) is 6.16. The van der Waals surface area contributed by atoms with Crippen molar-refractivity contribution in [3.8, 4) is 0 Å². The van der Waals surface area contributed by atoms with E-state index in [1.807, 2.05) is 0 Å². The Morgan fingerprint density at radius 3 is 2.89 bits per heavy atom. The van der Waals surface area contributed by atoms with Gasteiger partial charge >= 0.3 is 0 Å². The van der Waals surface area contributed by atoms with E-state index in [1.165, 1.54) is 0 Å². The van der Waals surface area contributed by atoms with Gasteiger partial charge in [0.05, 0.1) is 23.8 Å². The maximum Gasteiger partial charge on any atom is 0.243 e. The van der Waals surface area contributed by atoms with Crippen molar-refractivity contribution < 1.29 is 19.2 Å². The summed E-state index contributed by atoms with van der Waals surface area (Å²) in [6, 6.07) is 1.13. The molecule has 1 aliphatic rings. The van der Waals surface area contributed by atoms with E-state index in [0.29, 0.717) is 24.4 Å². The van der Waals surface area contributed by atoms with Crippen molar-refractivity contribution in [3.63, 3.8) is 0 Å². The molecule has 0 bridgehead atoms. The van der Waals surface area contributed by atoms with Crippen LogP contribution in [-0.4, -0.2) is 40.8 Å². The number of carbonyl (C=O) groups excluding carboxylic acids is 2. The van der Waals surface area contributed by atoms with E-state index in [0.717, 1.165) is 0 Å². The Morgan fingerprint density at radius 1 is 1.63 bits per heavy atom. The fraction of sp³-hybridized carbons (Fsp3) is 0.583. The second-order valence-electron chi connectivity index (χ2n) is 4.80. The molecule has 1 fully saturated rings. The molecule has 1 aromatic rings. The summed E-state index contributed by atoms with van der Waals surface area (Å²) in [7, 11) is 0. The van der Waals surface area contributed by atoms with Gasteiger partial charge in [0.15, 0.2) is 0 Å². The van der Waals surface area contributed by atoms with Gasteiger partial charge < -0.3 is 14.9 Å². The number of aliphatic hydroxyl groups is 1. The van der Waals surface area contributed by atoms with Crippen LogP contribution in [0, 0.1) is 6.92 Å². The highest BCUT2D eigenvalue weighted by Crippen LogP contribution is 2.16. The zero-order valence-electron chi connectivity index (χ0n) is 10.8. The Balaban J connectivity index is 1.92. The molecule has 2 amide bonds. The lowest BCUT2D eigenvalue weighted by Gasteiger charge is -2.12. The van der Waals surface area contributed by atoms with Gasteiger partial charge in [-0.05, 0) is 20.3 Å². The summed E-state index contributed by atoms with van der Waals surface area (Å²) < 4.78 is 4.99. The molecule has 104 valence electrons. The number of aryl methyl sites for hydroxylation is 1. The first-order chi connectivity index (χ1) is 8.97. The van der Waals surface area contributed by atoms with E-state index >= 15 is 0 Å². The monoisotopic (exact) mass is 267 g/mol. The van der Waals surface area contributed by atoms with Gasteiger partial charge in [0.2, 0.25) is 11.8 Å². The van der Waals surface area contributed by atoms with Crippen LogP contribution < -0.4 is 10.6 Å². The molecular weight excluding hydrogens is 250 g/mol. The average molecular weight is 267 g/mol. The van der Waals surface area contributed by atoms with Crippen molar-refractivity contribution in [2.24, 2.45) is 0 Å². The van der Waals surface area contributed by atoms with Crippen LogP contribution in [0.4, 0.5) is 0 Å². The molecular formula is C12H17N3O4. The maximum absolute atomic E-state index is 11.9. The van der Waals surface area contributed by atoms with Crippen LogP contribution in [0.2, 0.25) is 0 Å². The topological polar surface area (TPSA) is 104 Å². The summed E-state index contributed by atoms with van der Waals surface area (Å²) in [6.07, 6.45) is -0.227. The van der Waals surface area contributed by atoms with Crippen molar-refractivity contribution in [1.82, 2.24) is 15.8 Å². The number of nitrogens with zero attached hydrogens (tertiary/aromatic N) is 1. The highest BCUT2D eigenvalue weighted by molar-refractivity contribution is 6.00. The summed E-state index contributed by atoms with van der Waals surface area (Å²) in [4.78, 5) is 23.7. The number of hydrogen-bond acceptors (Lipinski definition) is 6. The summed E-state index contributed by atoms with van der Waals surface area (Å²) in [5.41, 5.74) is 0.682. The highest BCUT2D eigenvalue weighted by Gasteiger charge is 2.30. The van der Waals surface area contributed by atoms with Crippen LogP contribution in [0.3, 0.4) is 0 Å². The second-order valence-corrected chi connectivity index (χ2v) is 4.80. The molecule has 7 heteroatoms. The van der Waals surface area contributed by atoms with E-state index in [2.05, 4.69) is 15.8 Å². The largest absolute Gasteiger partial charge is 0.392 e. The second kappa shape index (κ2) is 5.50. The van der Waals surface area contributed by atoms with Gasteiger partial charge in [-0.3, -0.25) is 14.9 Å². The molecule has 0 radical (unpaired) electrons. The number of aliphatic hydroxyl groups excluding tert-OH is 1. The third kappa shape index (κ3) is 3.18. The molecule has 2 heterocycles. The minimum absolute atomic E-state index is 0.314. The van der Waals surface area contributed by atoms with Gasteiger partial charge in [0.1, 0.15) is 5.76 Å². The van der Waals surface area contributed by atoms with E-state index in [9.17, 15) is 14.7 Å². The van der Waals surface area contributed by atoms with Crippen molar-refractivity contribution in [3.05, 3.63) is 17.5 Å². The van der Waals surface area contributed by atoms with Gasteiger partial charge in [-0.2, -0.15) is 0 Å². The third-order valence-electron chi connectivity index (χ3n) is 3.14. The van der Waals surface area contributed by atoms with Gasteiger partial charge in [0, 0.05) is 12.6 Å². The average Bonchev–Trinajstić information content (AvgIpc) is 2.97. The number of nitrogens with one attached hydrogen (secondary N) is 2. The van der Waals surface area contributed by atoms with Crippen molar-refractivity contribution in [2.45, 2.75) is 38.3 Å². The molecule has 1 saturated heterocycles. The summed E-state index contributed by atoms with van der Waals surface area (Å²) in [5, 5.41) is 18.2. The van der Waals surface area contributed by atoms with E-state index in [-0.39, 0.29) is 0 Å². The molecule has 0 spiro atoms. The number of β-amino-alcohol motifs (C(OH)–C–C–N with tert-alkyl or cyclic N) is 1. The zero-order chi connectivity index (χ0) is 14.0. The highest BCUT2D eigenvalue weighted by atomic mass is 16.5. The number of aromatic nitrogens is 1. The van der Waals surface area contributed by atoms with E-state index < -0.39 is 29.9 Å². The maximum atomic E-state index is 11.9. The molecule has 0 aromatic carbocycles. The molecule has 1 aromatic heterocycles. The Morgan fingerprint density at radius 2 is 2.37 bits per heavy atom. The normalized spacial score (nSPS) is 24.2. The van der Waals surface area contributed by atoms with Crippen LogP contribution in [0.15, 0.2) is 10.6 Å². The summed E-state index contributed by atoms with van der Waals surface area (Å²) in [6.45, 7) is 3.76. The minimum atomic E-state index is -0.587. The number of imide groups is 1. The van der Waals surface area contributed by atoms with Gasteiger partial charge in [-0.1, -0.05) is 5.16 Å². The first-order valence-corrected chi connectivity index (χ1v) is 6.16. The van der Waals surface area contributed by atoms with Crippen LogP contribution >= 0.6 is 0 Å². The molecule has 3 atom stereocenters. The Bertz CT molecular complexity index is 485. The van der Waals surface area contributed by atoms with Crippen LogP contribution in [0.25, 0.3) is 0 Å². The van der Waals surface area contributed by atoms with Crippen molar-refractivity contribution in [2.75, 3.05) is 6.54 Å². The standard InChI is InChI=1S/C12H17N3O4/c1-6-3-10(19-15-6)7(2)11(17)14-12(18)9-4-8(16)5-13-9/h3,7-9,13,16H,4-5H2,1-2H3,(H,14,17,18)/t7?,8-,9+/m1/s1. The lowest BCUT2D eigenvalue weighted by molar-refractivity contribution is -0.132. The summed E-state index contributed by atoms with van der Waals surface area (Å²) >= 11 is 0. The zero-order valence-corrected chi connectivity index (χ0v) is 10.8. The first kappa shape index (κ1) is 13.7. The smallest absolute Gasteiger partial charge is 0.243 e. The van der Waals surface area contributed by atoms with Gasteiger partial charge in [-0.15, -0.1) is 0 Å². The van der Waals surface area contributed by atoms with Crippen LogP contribution in [-0.2, 0) is 9.59 Å². The van der Waals surface area contributed by atoms with E-state index in [1.54, 1.807) is 19.9 Å². The van der Waals surface area contributed by atoms with Crippen LogP contribution in [0.5, 0.6) is 0 Å². The lowest BCUT2D eigenvalue weighted by Crippen LogP contribution is -2.44. The molecule has 7 nitrogen and oxygen atoms in total. The van der Waals surface area contributed by atoms with Gasteiger partial charge in [-0.25, -0.2) is 0 Å². The third-order valence-corrected chi connectivity index (χ3v) is 3.14. The molecule has 1 unspecified atom stereocenters. The Labute approximate surface area is 110 Å². The van der Waals surface area contributed by atoms with Gasteiger partial charge in [0.25, 0.3) is 0 Å². The van der Waals surface area contributed by atoms with E-state index in [4.69, 9.17) is 4.52 Å². The Hall–Kier alpha value is -1.73. The minimum Gasteiger partial charge on any atom is -0.392 e. The predicted octanol–water partition coefficient (Wildman–Crippen LogP) is -0.548. The number of hydrogen-bond donors (Lipinski definition) is 3. The molecule has 0 aliphatic carbocycles. The fourth-order valence-corrected chi connectivity index (χ4v) is 1.95. The fourth-order valence-electron chi connectivity index (χ4n) is 1.95. The number of amides is 2. The predicted molar refractivity (Wildman–Crippen MR) is 65.2 cm³/mol. The molecule has 19 heavy (non-hydrogen) atoms. The van der Waals surface area contributed by atoms with Crippen molar-refractivity contribution in [1.29, 1.82) is 0 Å². The molecule has 0 saturated carbocycles. The summed E-state index contributed by atoms with van der Waals surface area (Å²) in [5.74, 6) is -1.03. The quantitative estimate of drug-likeness (QED) is 0.679. The molecule has 3 N–H and O–H groups in total.